The minimum atomic E-state index is -0.804. The molecule has 176 valence electrons. The van der Waals surface area contributed by atoms with Gasteiger partial charge in [-0.3, -0.25) is 14.9 Å². The monoisotopic (exact) mass is 547 g/mol. The van der Waals surface area contributed by atoms with E-state index in [2.05, 4.69) is 26.5 Å². The fourth-order valence-corrected chi connectivity index (χ4v) is 3.64. The van der Waals surface area contributed by atoms with Gasteiger partial charge < -0.3 is 14.6 Å². The van der Waals surface area contributed by atoms with Crippen molar-refractivity contribution in [2.45, 2.75) is 13.5 Å². The molecule has 3 aromatic rings. The van der Waals surface area contributed by atoms with Crippen molar-refractivity contribution < 1.29 is 24.3 Å². The number of phenols is 1. The van der Waals surface area contributed by atoms with E-state index in [1.807, 2.05) is 25.1 Å². The Hall–Kier alpha value is -3.63. The van der Waals surface area contributed by atoms with Gasteiger partial charge in [0.25, 0.3) is 11.6 Å². The molecule has 0 radical (unpaired) electrons. The number of carbonyl (C=O) groups is 1. The lowest BCUT2D eigenvalue weighted by molar-refractivity contribution is -0.384. The van der Waals surface area contributed by atoms with Gasteiger partial charge in [-0.1, -0.05) is 29.8 Å². The molecule has 11 heteroatoms. The molecular weight excluding hydrogens is 530 g/mol. The second-order valence-corrected chi connectivity index (χ2v) is 8.06. The second kappa shape index (κ2) is 11.5. The Kier molecular flexibility index (Phi) is 8.44. The zero-order valence-electron chi connectivity index (χ0n) is 17.8. The molecule has 9 nitrogen and oxygen atoms in total. The molecule has 0 aliphatic rings. The van der Waals surface area contributed by atoms with Crippen molar-refractivity contribution in [3.63, 3.8) is 0 Å². The van der Waals surface area contributed by atoms with Gasteiger partial charge in [0.1, 0.15) is 12.4 Å². The maximum absolute atomic E-state index is 12.3. The van der Waals surface area contributed by atoms with Gasteiger partial charge in [-0.15, -0.1) is 0 Å². The molecule has 34 heavy (non-hydrogen) atoms. The topological polar surface area (TPSA) is 123 Å². The first-order valence-electron chi connectivity index (χ1n) is 9.93. The molecule has 0 saturated carbocycles. The maximum atomic E-state index is 12.3. The summed E-state index contributed by atoms with van der Waals surface area (Å²) in [6, 6.07) is 13.9. The predicted molar refractivity (Wildman–Crippen MR) is 131 cm³/mol. The van der Waals surface area contributed by atoms with Crippen molar-refractivity contribution in [1.29, 1.82) is 0 Å². The summed E-state index contributed by atoms with van der Waals surface area (Å²) in [7, 11) is 0. The molecule has 0 fully saturated rings. The number of halogens is 2. The number of non-ortho nitro benzene ring substituents is 1. The third-order valence-electron chi connectivity index (χ3n) is 4.48. The third kappa shape index (κ3) is 6.24. The number of phenolic OH excluding ortho intramolecular Hbond substituents is 1. The third-order valence-corrected chi connectivity index (χ3v) is 5.43. The van der Waals surface area contributed by atoms with Crippen LogP contribution in [0.5, 0.6) is 17.2 Å². The van der Waals surface area contributed by atoms with Crippen LogP contribution in [0.2, 0.25) is 5.02 Å². The van der Waals surface area contributed by atoms with Crippen LogP contribution in [0.15, 0.2) is 64.2 Å². The van der Waals surface area contributed by atoms with E-state index in [0.29, 0.717) is 33.2 Å². The van der Waals surface area contributed by atoms with Gasteiger partial charge in [-0.2, -0.15) is 5.10 Å². The van der Waals surface area contributed by atoms with Gasteiger partial charge in [0.15, 0.2) is 11.5 Å². The molecule has 0 aliphatic heterocycles. The number of nitrogens with one attached hydrogen (secondary N) is 1. The van der Waals surface area contributed by atoms with Gasteiger partial charge >= 0.3 is 0 Å². The molecule has 1 amide bonds. The van der Waals surface area contributed by atoms with E-state index in [1.165, 1.54) is 6.21 Å². The molecule has 0 saturated heterocycles. The summed E-state index contributed by atoms with van der Waals surface area (Å²) in [6.45, 7) is 2.45. The van der Waals surface area contributed by atoms with Gasteiger partial charge in [-0.25, -0.2) is 5.43 Å². The zero-order valence-corrected chi connectivity index (χ0v) is 20.2. The number of carbonyl (C=O) groups excluding carboxylic acids is 1. The molecular formula is C23H19BrClN3O6. The number of benzene rings is 3. The molecule has 2 N–H and O–H groups in total. The number of nitro benzene ring substituents is 1. The molecule has 3 aromatic carbocycles. The summed E-state index contributed by atoms with van der Waals surface area (Å²) in [5.74, 6) is -0.279. The Labute approximate surface area is 208 Å². The van der Waals surface area contributed by atoms with Crippen LogP contribution >= 0.6 is 27.5 Å². The average Bonchev–Trinajstić information content (AvgIpc) is 2.80. The molecule has 0 aromatic heterocycles. The van der Waals surface area contributed by atoms with Crippen LogP contribution in [0.4, 0.5) is 5.69 Å². The zero-order chi connectivity index (χ0) is 24.7. The first-order valence-corrected chi connectivity index (χ1v) is 11.1. The second-order valence-electron chi connectivity index (χ2n) is 6.80. The molecule has 0 aliphatic carbocycles. The summed E-state index contributed by atoms with van der Waals surface area (Å²) in [5, 5.41) is 25.2. The number of aromatic hydroxyl groups is 1. The van der Waals surface area contributed by atoms with Crippen molar-refractivity contribution >= 4 is 45.3 Å². The summed E-state index contributed by atoms with van der Waals surface area (Å²) < 4.78 is 12.2. The fraction of sp³-hybridized carbons (Fsp3) is 0.130. The van der Waals surface area contributed by atoms with Crippen LogP contribution in [-0.4, -0.2) is 28.8 Å². The van der Waals surface area contributed by atoms with Crippen LogP contribution in [0.25, 0.3) is 0 Å². The quantitative estimate of drug-likeness (QED) is 0.208. The number of ether oxygens (including phenoxy) is 2. The number of hydrazone groups is 1. The smallest absolute Gasteiger partial charge is 0.275 e. The van der Waals surface area contributed by atoms with Gasteiger partial charge in [0, 0.05) is 22.7 Å². The van der Waals surface area contributed by atoms with Gasteiger partial charge in [-0.05, 0) is 52.7 Å². The number of nitro groups is 1. The van der Waals surface area contributed by atoms with Crippen molar-refractivity contribution in [2.75, 3.05) is 6.61 Å². The largest absolute Gasteiger partial charge is 0.507 e. The summed E-state index contributed by atoms with van der Waals surface area (Å²) >= 11 is 9.66. The number of hydrogen-bond acceptors (Lipinski definition) is 7. The summed E-state index contributed by atoms with van der Waals surface area (Å²) in [4.78, 5) is 22.5. The number of hydrogen-bond donors (Lipinski definition) is 2. The molecule has 3 rings (SSSR count). The molecule has 0 spiro atoms. The fourth-order valence-electron chi connectivity index (χ4n) is 2.88. The van der Waals surface area contributed by atoms with E-state index in [0.717, 1.165) is 23.8 Å². The van der Waals surface area contributed by atoms with E-state index >= 15 is 0 Å². The highest BCUT2D eigenvalue weighted by atomic mass is 79.9. The maximum Gasteiger partial charge on any atom is 0.275 e. The average molecular weight is 549 g/mol. The first-order chi connectivity index (χ1) is 16.3. The number of rotatable bonds is 9. The van der Waals surface area contributed by atoms with E-state index in [9.17, 15) is 20.0 Å². The lowest BCUT2D eigenvalue weighted by atomic mass is 10.1. The van der Waals surface area contributed by atoms with E-state index < -0.39 is 16.6 Å². The van der Waals surface area contributed by atoms with Crippen LogP contribution in [-0.2, 0) is 6.61 Å². The van der Waals surface area contributed by atoms with E-state index in [-0.39, 0.29) is 17.9 Å². The van der Waals surface area contributed by atoms with Crippen molar-refractivity contribution in [3.8, 4) is 17.2 Å². The first kappa shape index (κ1) is 25.0. The standard InChI is InChI=1S/C23H19BrClN3O6/c1-2-33-21-10-14(9-18(24)22(21)34-13-15-5-3-4-6-19(15)25)12-26-27-23(30)17-11-16(28(31)32)7-8-20(17)29/h3-12,29H,2,13H2,1H3,(H,27,30)/b26-12-. The lowest BCUT2D eigenvalue weighted by Gasteiger charge is -2.15. The minimum absolute atomic E-state index is 0.231. The van der Waals surface area contributed by atoms with Crippen molar-refractivity contribution in [1.82, 2.24) is 5.43 Å². The normalized spacial score (nSPS) is 10.8. The predicted octanol–water partition coefficient (Wildman–Crippen LogP) is 5.46. The number of amides is 1. The van der Waals surface area contributed by atoms with Gasteiger partial charge in [0.2, 0.25) is 0 Å². The molecule has 0 bridgehead atoms. The molecule has 0 unspecified atom stereocenters. The Morgan fingerprint density at radius 1 is 1.24 bits per heavy atom. The summed E-state index contributed by atoms with van der Waals surface area (Å²) in [6.07, 6.45) is 1.36. The highest BCUT2D eigenvalue weighted by Crippen LogP contribution is 2.37. The minimum Gasteiger partial charge on any atom is -0.507 e. The SMILES string of the molecule is CCOc1cc(/C=N\NC(=O)c2cc([N+](=O)[O-])ccc2O)cc(Br)c1OCc1ccccc1Cl. The highest BCUT2D eigenvalue weighted by Gasteiger charge is 2.16. The van der Waals surface area contributed by atoms with E-state index in [4.69, 9.17) is 21.1 Å². The molecule has 0 atom stereocenters. The van der Waals surface area contributed by atoms with E-state index in [1.54, 1.807) is 18.2 Å². The summed E-state index contributed by atoms with van der Waals surface area (Å²) in [5.41, 5.74) is 3.03. The number of nitrogens with zero attached hydrogens (tertiary/aromatic N) is 2. The van der Waals surface area contributed by atoms with Gasteiger partial charge in [0.05, 0.1) is 27.8 Å². The van der Waals surface area contributed by atoms with Crippen molar-refractivity contribution in [3.05, 3.63) is 90.9 Å². The highest BCUT2D eigenvalue weighted by molar-refractivity contribution is 9.10. The Morgan fingerprint density at radius 3 is 2.71 bits per heavy atom. The van der Waals surface area contributed by atoms with Crippen LogP contribution < -0.4 is 14.9 Å². The van der Waals surface area contributed by atoms with Crippen LogP contribution in [0, 0.1) is 10.1 Å². The van der Waals surface area contributed by atoms with Crippen LogP contribution in [0.3, 0.4) is 0 Å². The molecule has 0 heterocycles. The Bertz CT molecular complexity index is 1250. The Balaban J connectivity index is 1.76. The van der Waals surface area contributed by atoms with Crippen LogP contribution in [0.1, 0.15) is 28.4 Å². The van der Waals surface area contributed by atoms with Crippen molar-refractivity contribution in [2.24, 2.45) is 5.10 Å². The lowest BCUT2D eigenvalue weighted by Crippen LogP contribution is -2.18. The Morgan fingerprint density at radius 2 is 2.00 bits per heavy atom.